The summed E-state index contributed by atoms with van der Waals surface area (Å²) in [7, 11) is 0. The molecule has 0 atom stereocenters. The number of hydrogen-bond donors (Lipinski definition) is 1. The molecule has 4 aromatic rings. The predicted octanol–water partition coefficient (Wildman–Crippen LogP) is 4.99. The fourth-order valence-electron chi connectivity index (χ4n) is 3.21. The molecule has 4 rings (SSSR count). The van der Waals surface area contributed by atoms with Gasteiger partial charge in [0.1, 0.15) is 11.9 Å². The SMILES string of the molecule is CCCn1cc(/C=C(\C#N)c2nc3ccccc3[nH]2)c2ccccc21. The Labute approximate surface area is 146 Å². The standard InChI is InChI=1S/C21H18N4/c1-2-11-25-14-16(17-7-3-6-10-20(17)25)12-15(13-22)21-23-18-8-4-5-9-19(18)24-21/h3-10,12,14H,2,11H2,1H3,(H,23,24)/b15-12+. The monoisotopic (exact) mass is 326 g/mol. The molecular weight excluding hydrogens is 308 g/mol. The summed E-state index contributed by atoms with van der Waals surface area (Å²) in [4.78, 5) is 7.79. The number of hydrogen-bond acceptors (Lipinski definition) is 2. The Morgan fingerprint density at radius 1 is 1.20 bits per heavy atom. The quantitative estimate of drug-likeness (QED) is 0.537. The maximum absolute atomic E-state index is 9.66. The van der Waals surface area contributed by atoms with Crippen molar-refractivity contribution >= 4 is 33.6 Å². The Bertz CT molecular complexity index is 1090. The van der Waals surface area contributed by atoms with Crippen LogP contribution in [0.25, 0.3) is 33.6 Å². The average molecular weight is 326 g/mol. The van der Waals surface area contributed by atoms with Crippen LogP contribution in [0.15, 0.2) is 54.7 Å². The molecule has 2 aromatic carbocycles. The molecular formula is C21H18N4. The van der Waals surface area contributed by atoms with Crippen molar-refractivity contribution in [1.29, 1.82) is 5.26 Å². The first-order valence-electron chi connectivity index (χ1n) is 8.45. The molecule has 0 aliphatic rings. The second kappa shape index (κ2) is 6.29. The fourth-order valence-corrected chi connectivity index (χ4v) is 3.21. The van der Waals surface area contributed by atoms with Crippen LogP contribution in [0.3, 0.4) is 0 Å². The number of nitrogens with one attached hydrogen (secondary N) is 1. The largest absolute Gasteiger partial charge is 0.347 e. The van der Waals surface area contributed by atoms with Gasteiger partial charge in [0.15, 0.2) is 0 Å². The molecule has 0 amide bonds. The summed E-state index contributed by atoms with van der Waals surface area (Å²) in [6.07, 6.45) is 5.11. The van der Waals surface area contributed by atoms with Crippen LogP contribution in [-0.2, 0) is 6.54 Å². The highest BCUT2D eigenvalue weighted by Crippen LogP contribution is 2.26. The molecule has 2 aromatic heterocycles. The van der Waals surface area contributed by atoms with Crippen molar-refractivity contribution in [3.8, 4) is 6.07 Å². The molecule has 4 nitrogen and oxygen atoms in total. The van der Waals surface area contributed by atoms with E-state index in [1.807, 2.05) is 42.5 Å². The van der Waals surface area contributed by atoms with Gasteiger partial charge in [-0.25, -0.2) is 4.98 Å². The Morgan fingerprint density at radius 3 is 2.80 bits per heavy atom. The number of nitrogens with zero attached hydrogens (tertiary/aromatic N) is 3. The normalized spacial score (nSPS) is 11.9. The second-order valence-corrected chi connectivity index (χ2v) is 6.07. The van der Waals surface area contributed by atoms with Crippen LogP contribution in [0.2, 0.25) is 0 Å². The van der Waals surface area contributed by atoms with Gasteiger partial charge in [0.05, 0.1) is 16.6 Å². The Morgan fingerprint density at radius 2 is 2.00 bits per heavy atom. The van der Waals surface area contributed by atoms with E-state index < -0.39 is 0 Å². The van der Waals surface area contributed by atoms with Gasteiger partial charge in [-0.2, -0.15) is 5.26 Å². The number of rotatable bonds is 4. The number of para-hydroxylation sites is 3. The lowest BCUT2D eigenvalue weighted by atomic mass is 10.1. The van der Waals surface area contributed by atoms with Gasteiger partial charge in [0.25, 0.3) is 0 Å². The average Bonchev–Trinajstić information content (AvgIpc) is 3.22. The molecule has 0 radical (unpaired) electrons. The first-order chi connectivity index (χ1) is 12.3. The molecule has 0 aliphatic heterocycles. The number of imidazole rings is 1. The van der Waals surface area contributed by atoms with E-state index in [-0.39, 0.29) is 0 Å². The summed E-state index contributed by atoms with van der Waals surface area (Å²) >= 11 is 0. The van der Waals surface area contributed by atoms with E-state index in [0.29, 0.717) is 11.4 Å². The zero-order valence-electron chi connectivity index (χ0n) is 14.0. The van der Waals surface area contributed by atoms with Crippen LogP contribution in [0.4, 0.5) is 0 Å². The zero-order valence-corrected chi connectivity index (χ0v) is 14.0. The lowest BCUT2D eigenvalue weighted by Crippen LogP contribution is -1.93. The highest BCUT2D eigenvalue weighted by atomic mass is 15.0. The number of aromatic amines is 1. The third kappa shape index (κ3) is 2.70. The van der Waals surface area contributed by atoms with E-state index in [4.69, 9.17) is 0 Å². The topological polar surface area (TPSA) is 57.4 Å². The minimum Gasteiger partial charge on any atom is -0.347 e. The predicted molar refractivity (Wildman–Crippen MR) is 102 cm³/mol. The van der Waals surface area contributed by atoms with Gasteiger partial charge in [-0.3, -0.25) is 0 Å². The van der Waals surface area contributed by atoms with Crippen molar-refractivity contribution < 1.29 is 0 Å². The van der Waals surface area contributed by atoms with E-state index in [0.717, 1.165) is 34.9 Å². The Hall–Kier alpha value is -3.32. The van der Waals surface area contributed by atoms with E-state index in [2.05, 4.69) is 45.9 Å². The lowest BCUT2D eigenvalue weighted by molar-refractivity contribution is 0.703. The van der Waals surface area contributed by atoms with Gasteiger partial charge in [-0.15, -0.1) is 0 Å². The Balaban J connectivity index is 1.85. The minimum absolute atomic E-state index is 0.538. The maximum Gasteiger partial charge on any atom is 0.149 e. The second-order valence-electron chi connectivity index (χ2n) is 6.07. The number of fused-ring (bicyclic) bond motifs is 2. The van der Waals surface area contributed by atoms with Gasteiger partial charge in [0, 0.05) is 29.2 Å². The van der Waals surface area contributed by atoms with Gasteiger partial charge in [0.2, 0.25) is 0 Å². The third-order valence-electron chi connectivity index (χ3n) is 4.35. The van der Waals surface area contributed by atoms with Crippen molar-refractivity contribution in [2.24, 2.45) is 0 Å². The van der Waals surface area contributed by atoms with Crippen LogP contribution in [0, 0.1) is 11.3 Å². The summed E-state index contributed by atoms with van der Waals surface area (Å²) in [5.41, 5.74) is 4.58. The molecule has 0 saturated carbocycles. The van der Waals surface area contributed by atoms with Crippen LogP contribution >= 0.6 is 0 Å². The molecule has 4 heteroatoms. The van der Waals surface area contributed by atoms with E-state index in [1.165, 1.54) is 5.52 Å². The van der Waals surface area contributed by atoms with Crippen molar-refractivity contribution in [2.45, 2.75) is 19.9 Å². The molecule has 2 heterocycles. The van der Waals surface area contributed by atoms with Gasteiger partial charge >= 0.3 is 0 Å². The number of H-pyrrole nitrogens is 1. The van der Waals surface area contributed by atoms with Crippen molar-refractivity contribution in [3.05, 3.63) is 66.1 Å². The van der Waals surface area contributed by atoms with Crippen molar-refractivity contribution in [1.82, 2.24) is 14.5 Å². The first kappa shape index (κ1) is 15.2. The maximum atomic E-state index is 9.66. The summed E-state index contributed by atoms with van der Waals surface area (Å²) < 4.78 is 2.24. The summed E-state index contributed by atoms with van der Waals surface area (Å²) in [6, 6.07) is 18.4. The van der Waals surface area contributed by atoms with Crippen molar-refractivity contribution in [2.75, 3.05) is 0 Å². The highest BCUT2D eigenvalue weighted by molar-refractivity contribution is 5.98. The van der Waals surface area contributed by atoms with Crippen LogP contribution in [0.5, 0.6) is 0 Å². The number of allylic oxidation sites excluding steroid dienone is 1. The fraction of sp³-hybridized carbons (Fsp3) is 0.143. The number of aryl methyl sites for hydroxylation is 1. The van der Waals surface area contributed by atoms with E-state index in [1.54, 1.807) is 0 Å². The van der Waals surface area contributed by atoms with E-state index >= 15 is 0 Å². The van der Waals surface area contributed by atoms with Crippen LogP contribution < -0.4 is 0 Å². The minimum atomic E-state index is 0.538. The smallest absolute Gasteiger partial charge is 0.149 e. The van der Waals surface area contributed by atoms with Crippen LogP contribution in [-0.4, -0.2) is 14.5 Å². The van der Waals surface area contributed by atoms with Gasteiger partial charge < -0.3 is 9.55 Å². The molecule has 0 saturated heterocycles. The summed E-state index contributed by atoms with van der Waals surface area (Å²) in [5.74, 6) is 0.607. The number of benzene rings is 2. The molecule has 25 heavy (non-hydrogen) atoms. The van der Waals surface area contributed by atoms with E-state index in [9.17, 15) is 5.26 Å². The Kier molecular flexibility index (Phi) is 3.83. The highest BCUT2D eigenvalue weighted by Gasteiger charge is 2.11. The van der Waals surface area contributed by atoms with Gasteiger partial charge in [-0.05, 0) is 30.7 Å². The van der Waals surface area contributed by atoms with Crippen LogP contribution in [0.1, 0.15) is 24.7 Å². The molecule has 0 aliphatic carbocycles. The molecule has 122 valence electrons. The van der Waals surface area contributed by atoms with Gasteiger partial charge in [-0.1, -0.05) is 37.3 Å². The number of aromatic nitrogens is 3. The summed E-state index contributed by atoms with van der Waals surface area (Å²) in [5, 5.41) is 10.8. The zero-order chi connectivity index (χ0) is 17.2. The molecule has 0 unspecified atom stereocenters. The molecule has 1 N–H and O–H groups in total. The molecule has 0 spiro atoms. The third-order valence-corrected chi connectivity index (χ3v) is 4.35. The molecule has 0 bridgehead atoms. The summed E-state index contributed by atoms with van der Waals surface area (Å²) in [6.45, 7) is 3.13. The van der Waals surface area contributed by atoms with Crippen molar-refractivity contribution in [3.63, 3.8) is 0 Å². The number of nitriles is 1. The lowest BCUT2D eigenvalue weighted by Gasteiger charge is -2.01. The first-order valence-corrected chi connectivity index (χ1v) is 8.45. The molecule has 0 fully saturated rings.